The maximum absolute atomic E-state index is 6.26. The van der Waals surface area contributed by atoms with Gasteiger partial charge in [-0.25, -0.2) is 4.99 Å². The lowest BCUT2D eigenvalue weighted by molar-refractivity contribution is 0.0844. The lowest BCUT2D eigenvalue weighted by atomic mass is 9.79. The SMILES string of the molecule is NC1=N[C@@]2(CO1)c1cc(-c3cccnc3)ccc1Oc1cnc(C3CCOCC3)cc12. The molecule has 1 atom stereocenters. The van der Waals surface area contributed by atoms with Crippen molar-refractivity contribution < 1.29 is 14.2 Å². The summed E-state index contributed by atoms with van der Waals surface area (Å²) >= 11 is 0. The van der Waals surface area contributed by atoms with E-state index >= 15 is 0 Å². The van der Waals surface area contributed by atoms with Crippen LogP contribution in [0.1, 0.15) is 35.6 Å². The predicted molar refractivity (Wildman–Crippen MR) is 115 cm³/mol. The van der Waals surface area contributed by atoms with Crippen LogP contribution in [0.2, 0.25) is 0 Å². The summed E-state index contributed by atoms with van der Waals surface area (Å²) in [5.74, 6) is 1.80. The van der Waals surface area contributed by atoms with Gasteiger partial charge in [0.25, 0.3) is 6.02 Å². The Bertz CT molecular complexity index is 1170. The molecule has 156 valence electrons. The molecule has 7 nitrogen and oxygen atoms in total. The highest BCUT2D eigenvalue weighted by Crippen LogP contribution is 2.52. The van der Waals surface area contributed by atoms with Crippen LogP contribution in [0.5, 0.6) is 11.5 Å². The van der Waals surface area contributed by atoms with E-state index in [9.17, 15) is 0 Å². The number of amidine groups is 1. The van der Waals surface area contributed by atoms with Gasteiger partial charge in [0.15, 0.2) is 11.3 Å². The van der Waals surface area contributed by atoms with Crippen molar-refractivity contribution in [2.24, 2.45) is 10.7 Å². The van der Waals surface area contributed by atoms with Crippen LogP contribution in [-0.4, -0.2) is 35.8 Å². The topological polar surface area (TPSA) is 91.9 Å². The molecule has 3 aromatic rings. The Morgan fingerprint density at radius 3 is 2.61 bits per heavy atom. The van der Waals surface area contributed by atoms with Gasteiger partial charge in [-0.3, -0.25) is 9.97 Å². The molecule has 5 heterocycles. The summed E-state index contributed by atoms with van der Waals surface area (Å²) in [6.07, 6.45) is 7.35. The van der Waals surface area contributed by atoms with E-state index in [4.69, 9.17) is 29.9 Å². The zero-order valence-electron chi connectivity index (χ0n) is 17.0. The van der Waals surface area contributed by atoms with Gasteiger partial charge in [0.05, 0.1) is 6.20 Å². The number of aromatic nitrogens is 2. The molecule has 1 spiro atoms. The molecule has 1 aromatic carbocycles. The third kappa shape index (κ3) is 2.96. The summed E-state index contributed by atoms with van der Waals surface area (Å²) < 4.78 is 17.5. The number of benzene rings is 1. The number of hydrogen-bond donors (Lipinski definition) is 1. The van der Waals surface area contributed by atoms with Crippen LogP contribution in [0.15, 0.2) is 60.0 Å². The minimum absolute atomic E-state index is 0.190. The van der Waals surface area contributed by atoms with Crippen molar-refractivity contribution in [3.63, 3.8) is 0 Å². The second-order valence-corrected chi connectivity index (χ2v) is 8.15. The monoisotopic (exact) mass is 414 g/mol. The quantitative estimate of drug-likeness (QED) is 0.687. The highest BCUT2D eigenvalue weighted by atomic mass is 16.5. The van der Waals surface area contributed by atoms with E-state index in [1.807, 2.05) is 36.7 Å². The average Bonchev–Trinajstić information content (AvgIpc) is 3.22. The number of hydrogen-bond acceptors (Lipinski definition) is 7. The summed E-state index contributed by atoms with van der Waals surface area (Å²) in [6, 6.07) is 12.4. The first-order chi connectivity index (χ1) is 15.2. The van der Waals surface area contributed by atoms with Crippen molar-refractivity contribution in [1.29, 1.82) is 0 Å². The van der Waals surface area contributed by atoms with Gasteiger partial charge in [-0.1, -0.05) is 12.1 Å². The summed E-state index contributed by atoms with van der Waals surface area (Å²) in [6.45, 7) is 1.85. The molecule has 0 unspecified atom stereocenters. The normalized spacial score (nSPS) is 22.3. The lowest BCUT2D eigenvalue weighted by Gasteiger charge is -2.34. The van der Waals surface area contributed by atoms with E-state index in [1.54, 1.807) is 6.20 Å². The Morgan fingerprint density at radius 1 is 0.968 bits per heavy atom. The highest BCUT2D eigenvalue weighted by molar-refractivity contribution is 5.77. The minimum atomic E-state index is -0.756. The van der Waals surface area contributed by atoms with Gasteiger partial charge < -0.3 is 19.9 Å². The van der Waals surface area contributed by atoms with E-state index < -0.39 is 5.54 Å². The fourth-order valence-electron chi connectivity index (χ4n) is 4.71. The molecule has 2 N–H and O–H groups in total. The number of pyridine rings is 2. The maximum atomic E-state index is 6.26. The van der Waals surface area contributed by atoms with Gasteiger partial charge in [-0.2, -0.15) is 0 Å². The van der Waals surface area contributed by atoms with E-state index in [1.165, 1.54) is 0 Å². The molecule has 3 aliphatic heterocycles. The van der Waals surface area contributed by atoms with Gasteiger partial charge in [-0.15, -0.1) is 0 Å². The molecule has 6 rings (SSSR count). The first-order valence-electron chi connectivity index (χ1n) is 10.5. The lowest BCUT2D eigenvalue weighted by Crippen LogP contribution is -2.31. The molecule has 1 saturated heterocycles. The number of nitrogens with two attached hydrogens (primary N) is 1. The van der Waals surface area contributed by atoms with Crippen LogP contribution < -0.4 is 10.5 Å². The van der Waals surface area contributed by atoms with E-state index in [0.29, 0.717) is 18.3 Å². The Labute approximate surface area is 179 Å². The van der Waals surface area contributed by atoms with Crippen LogP contribution in [-0.2, 0) is 15.0 Å². The van der Waals surface area contributed by atoms with Crippen LogP contribution >= 0.6 is 0 Å². The van der Waals surface area contributed by atoms with Crippen molar-refractivity contribution in [2.75, 3.05) is 19.8 Å². The molecule has 2 aromatic heterocycles. The Hall–Kier alpha value is -3.45. The Morgan fingerprint density at radius 2 is 1.84 bits per heavy atom. The molecular weight excluding hydrogens is 392 g/mol. The smallest absolute Gasteiger partial charge is 0.283 e. The molecule has 0 radical (unpaired) electrons. The summed E-state index contributed by atoms with van der Waals surface area (Å²) in [4.78, 5) is 13.8. The minimum Gasteiger partial charge on any atom is -0.462 e. The molecule has 7 heteroatoms. The Kier molecular flexibility index (Phi) is 4.17. The molecule has 0 aliphatic carbocycles. The first kappa shape index (κ1) is 18.3. The van der Waals surface area contributed by atoms with E-state index in [2.05, 4.69) is 17.1 Å². The largest absolute Gasteiger partial charge is 0.462 e. The third-order valence-electron chi connectivity index (χ3n) is 6.34. The van der Waals surface area contributed by atoms with Crippen LogP contribution in [0.3, 0.4) is 0 Å². The fraction of sp³-hybridized carbons (Fsp3) is 0.292. The van der Waals surface area contributed by atoms with Crippen molar-refractivity contribution in [2.45, 2.75) is 24.3 Å². The predicted octanol–water partition coefficient (Wildman–Crippen LogP) is 3.73. The molecule has 0 amide bonds. The van der Waals surface area contributed by atoms with Crippen LogP contribution in [0.25, 0.3) is 11.1 Å². The van der Waals surface area contributed by atoms with Gasteiger partial charge in [-0.05, 0) is 42.7 Å². The molecule has 1 fully saturated rings. The third-order valence-corrected chi connectivity index (χ3v) is 6.34. The van der Waals surface area contributed by atoms with Crippen molar-refractivity contribution in [3.8, 4) is 22.6 Å². The summed E-state index contributed by atoms with van der Waals surface area (Å²) in [5, 5.41) is 0. The highest BCUT2D eigenvalue weighted by Gasteiger charge is 2.47. The van der Waals surface area contributed by atoms with Crippen molar-refractivity contribution in [3.05, 3.63) is 71.8 Å². The standard InChI is InChI=1S/C24H22N4O3/c25-23-28-24(14-30-23)18-10-16(17-2-1-7-26-12-17)3-4-21(18)31-22-13-27-20(11-19(22)24)15-5-8-29-9-6-15/h1-4,7,10-13,15H,5-6,8-9,14H2,(H2,25,28)/t24-/m0/s1. The van der Waals surface area contributed by atoms with Gasteiger partial charge in [0.1, 0.15) is 12.4 Å². The molecule has 31 heavy (non-hydrogen) atoms. The van der Waals surface area contributed by atoms with Gasteiger partial charge in [0, 0.05) is 53.9 Å². The maximum Gasteiger partial charge on any atom is 0.283 e. The summed E-state index contributed by atoms with van der Waals surface area (Å²) in [5.41, 5.74) is 10.3. The zero-order chi connectivity index (χ0) is 20.8. The number of fused-ring (bicyclic) bond motifs is 4. The number of aliphatic imine (C=N–C) groups is 1. The number of ether oxygens (including phenoxy) is 3. The Balaban J connectivity index is 1.51. The first-order valence-corrected chi connectivity index (χ1v) is 10.5. The van der Waals surface area contributed by atoms with Gasteiger partial charge in [0.2, 0.25) is 0 Å². The van der Waals surface area contributed by atoms with Crippen LogP contribution in [0.4, 0.5) is 0 Å². The number of rotatable bonds is 2. The molecular formula is C24H22N4O3. The van der Waals surface area contributed by atoms with Crippen molar-refractivity contribution >= 4 is 6.02 Å². The van der Waals surface area contributed by atoms with Crippen LogP contribution in [0, 0.1) is 0 Å². The molecule has 0 saturated carbocycles. The van der Waals surface area contributed by atoms with E-state index in [-0.39, 0.29) is 6.02 Å². The zero-order valence-corrected chi connectivity index (χ0v) is 17.0. The van der Waals surface area contributed by atoms with Crippen molar-refractivity contribution in [1.82, 2.24) is 9.97 Å². The second-order valence-electron chi connectivity index (χ2n) is 8.15. The average molecular weight is 414 g/mol. The summed E-state index contributed by atoms with van der Waals surface area (Å²) in [7, 11) is 0. The van der Waals surface area contributed by atoms with Gasteiger partial charge >= 0.3 is 0 Å². The van der Waals surface area contributed by atoms with E-state index in [0.717, 1.165) is 59.8 Å². The number of nitrogens with zero attached hydrogens (tertiary/aromatic N) is 3. The second kappa shape index (κ2) is 7.06. The molecule has 0 bridgehead atoms. The fourth-order valence-corrected chi connectivity index (χ4v) is 4.71. The molecule has 3 aliphatic rings.